The summed E-state index contributed by atoms with van der Waals surface area (Å²) in [5.74, 6) is 0.741. The highest BCUT2D eigenvalue weighted by atomic mass is 79.9. The summed E-state index contributed by atoms with van der Waals surface area (Å²) in [5, 5.41) is 3.46. The Balaban J connectivity index is 2.92. The van der Waals surface area contributed by atoms with E-state index in [0.29, 0.717) is 6.54 Å². The number of methoxy groups -OCH3 is 1. The van der Waals surface area contributed by atoms with Gasteiger partial charge in [0.1, 0.15) is 5.75 Å². The molecule has 68 valence electrons. The van der Waals surface area contributed by atoms with Crippen LogP contribution in [0.15, 0.2) is 27.8 Å². The molecule has 0 radical (unpaired) electrons. The molecule has 1 aromatic carbocycles. The second-order valence-corrected chi connectivity index (χ2v) is 3.21. The zero-order valence-corrected chi connectivity index (χ0v) is 8.65. The molecule has 0 N–H and O–H groups in total. The maximum atomic E-state index is 8.13. The predicted molar refractivity (Wildman–Crippen MR) is 53.5 cm³/mol. The zero-order valence-electron chi connectivity index (χ0n) is 7.07. The van der Waals surface area contributed by atoms with Crippen LogP contribution < -0.4 is 4.74 Å². The molecule has 0 unspecified atom stereocenters. The first kappa shape index (κ1) is 9.89. The Bertz CT molecular complexity index is 347. The summed E-state index contributed by atoms with van der Waals surface area (Å²) in [6.45, 7) is 0.347. The Labute approximate surface area is 84.3 Å². The highest BCUT2D eigenvalue weighted by Gasteiger charge is 1.99. The highest BCUT2D eigenvalue weighted by Crippen LogP contribution is 2.25. The molecule has 5 heteroatoms. The molecule has 4 nitrogen and oxygen atoms in total. The van der Waals surface area contributed by atoms with Crippen molar-refractivity contribution in [1.29, 1.82) is 0 Å². The van der Waals surface area contributed by atoms with Gasteiger partial charge in [0, 0.05) is 4.91 Å². The largest absolute Gasteiger partial charge is 0.496 e. The summed E-state index contributed by atoms with van der Waals surface area (Å²) in [6.07, 6.45) is 0. The molecule has 0 saturated heterocycles. The molecule has 1 aromatic rings. The second-order valence-electron chi connectivity index (χ2n) is 2.36. The number of hydrogen-bond acceptors (Lipinski definition) is 2. The minimum Gasteiger partial charge on any atom is -0.496 e. The lowest BCUT2D eigenvalue weighted by Gasteiger charge is -2.04. The number of halogens is 1. The van der Waals surface area contributed by atoms with Crippen LogP contribution in [0.3, 0.4) is 0 Å². The fourth-order valence-electron chi connectivity index (χ4n) is 0.916. The van der Waals surface area contributed by atoms with Gasteiger partial charge in [0.25, 0.3) is 0 Å². The molecular formula is C8H8BrN3O. The average molecular weight is 242 g/mol. The lowest BCUT2D eigenvalue weighted by atomic mass is 10.2. The van der Waals surface area contributed by atoms with Crippen molar-refractivity contribution in [3.8, 4) is 5.75 Å². The van der Waals surface area contributed by atoms with E-state index in [1.54, 1.807) is 7.11 Å². The Morgan fingerprint density at radius 1 is 1.62 bits per heavy atom. The van der Waals surface area contributed by atoms with E-state index < -0.39 is 0 Å². The van der Waals surface area contributed by atoms with Crippen molar-refractivity contribution in [2.75, 3.05) is 7.11 Å². The van der Waals surface area contributed by atoms with Crippen LogP contribution >= 0.6 is 15.9 Å². The molecule has 0 aliphatic carbocycles. The number of nitrogens with zero attached hydrogens (tertiary/aromatic N) is 3. The number of rotatable bonds is 3. The maximum Gasteiger partial charge on any atom is 0.133 e. The molecule has 0 amide bonds. The quantitative estimate of drug-likeness (QED) is 0.455. The van der Waals surface area contributed by atoms with Crippen LogP contribution in [0.4, 0.5) is 0 Å². The van der Waals surface area contributed by atoms with E-state index in [0.717, 1.165) is 15.8 Å². The highest BCUT2D eigenvalue weighted by molar-refractivity contribution is 9.10. The SMILES string of the molecule is COc1cc(CN=[N+]=[N-])ccc1Br. The van der Waals surface area contributed by atoms with Gasteiger partial charge in [0.15, 0.2) is 0 Å². The van der Waals surface area contributed by atoms with E-state index in [1.807, 2.05) is 18.2 Å². The first-order chi connectivity index (χ1) is 6.27. The van der Waals surface area contributed by atoms with Crippen LogP contribution in [0, 0.1) is 0 Å². The summed E-state index contributed by atoms with van der Waals surface area (Å²) in [6, 6.07) is 5.57. The van der Waals surface area contributed by atoms with Gasteiger partial charge >= 0.3 is 0 Å². The Morgan fingerprint density at radius 3 is 3.00 bits per heavy atom. The molecule has 0 fully saturated rings. The lowest BCUT2D eigenvalue weighted by Crippen LogP contribution is -1.87. The molecule has 13 heavy (non-hydrogen) atoms. The molecular weight excluding hydrogens is 234 g/mol. The number of azide groups is 1. The van der Waals surface area contributed by atoms with Gasteiger partial charge in [-0.05, 0) is 39.2 Å². The normalized spacial score (nSPS) is 9.08. The lowest BCUT2D eigenvalue weighted by molar-refractivity contribution is 0.411. The monoisotopic (exact) mass is 241 g/mol. The predicted octanol–water partition coefficient (Wildman–Crippen LogP) is 3.27. The van der Waals surface area contributed by atoms with Crippen LogP contribution in [0.2, 0.25) is 0 Å². The third-order valence-corrected chi connectivity index (χ3v) is 2.19. The zero-order chi connectivity index (χ0) is 9.68. The summed E-state index contributed by atoms with van der Waals surface area (Å²) in [5.41, 5.74) is 9.06. The van der Waals surface area contributed by atoms with Gasteiger partial charge in [-0.25, -0.2) is 0 Å². The van der Waals surface area contributed by atoms with E-state index in [9.17, 15) is 0 Å². The molecule has 0 aliphatic heterocycles. The van der Waals surface area contributed by atoms with E-state index in [2.05, 4.69) is 26.0 Å². The molecule has 0 heterocycles. The maximum absolute atomic E-state index is 8.13. The van der Waals surface area contributed by atoms with Crippen molar-refractivity contribution in [2.45, 2.75) is 6.54 Å². The second kappa shape index (κ2) is 4.74. The number of benzene rings is 1. The fraction of sp³-hybridized carbons (Fsp3) is 0.250. The molecule has 0 aromatic heterocycles. The Hall–Kier alpha value is -1.19. The summed E-state index contributed by atoms with van der Waals surface area (Å²) in [4.78, 5) is 2.68. The van der Waals surface area contributed by atoms with Crippen molar-refractivity contribution >= 4 is 15.9 Å². The van der Waals surface area contributed by atoms with E-state index in [1.165, 1.54) is 0 Å². The van der Waals surface area contributed by atoms with Crippen molar-refractivity contribution in [1.82, 2.24) is 0 Å². The van der Waals surface area contributed by atoms with Gasteiger partial charge < -0.3 is 4.74 Å². The van der Waals surface area contributed by atoms with Gasteiger partial charge in [0.2, 0.25) is 0 Å². The van der Waals surface area contributed by atoms with Crippen LogP contribution in [-0.2, 0) is 6.54 Å². The van der Waals surface area contributed by atoms with Crippen molar-refractivity contribution < 1.29 is 4.74 Å². The Morgan fingerprint density at radius 2 is 2.38 bits per heavy atom. The van der Waals surface area contributed by atoms with Gasteiger partial charge in [-0.1, -0.05) is 11.2 Å². The van der Waals surface area contributed by atoms with E-state index in [-0.39, 0.29) is 0 Å². The van der Waals surface area contributed by atoms with Crippen LogP contribution in [0.1, 0.15) is 5.56 Å². The van der Waals surface area contributed by atoms with Crippen molar-refractivity contribution in [2.24, 2.45) is 5.11 Å². The number of ether oxygens (including phenoxy) is 1. The van der Waals surface area contributed by atoms with Crippen molar-refractivity contribution in [3.63, 3.8) is 0 Å². The third-order valence-electron chi connectivity index (χ3n) is 1.53. The first-order valence-corrected chi connectivity index (χ1v) is 4.40. The van der Waals surface area contributed by atoms with Crippen LogP contribution in [0.5, 0.6) is 5.75 Å². The van der Waals surface area contributed by atoms with Crippen LogP contribution in [-0.4, -0.2) is 7.11 Å². The summed E-state index contributed by atoms with van der Waals surface area (Å²) < 4.78 is 5.97. The summed E-state index contributed by atoms with van der Waals surface area (Å²) in [7, 11) is 1.59. The molecule has 0 aliphatic rings. The smallest absolute Gasteiger partial charge is 0.133 e. The molecule has 0 spiro atoms. The van der Waals surface area contributed by atoms with E-state index in [4.69, 9.17) is 10.3 Å². The van der Waals surface area contributed by atoms with E-state index >= 15 is 0 Å². The van der Waals surface area contributed by atoms with Gasteiger partial charge in [-0.3, -0.25) is 0 Å². The minimum absolute atomic E-state index is 0.347. The Kier molecular flexibility index (Phi) is 3.61. The minimum atomic E-state index is 0.347. The molecule has 0 saturated carbocycles. The fourth-order valence-corrected chi connectivity index (χ4v) is 1.32. The number of hydrogen-bond donors (Lipinski definition) is 0. The first-order valence-electron chi connectivity index (χ1n) is 3.61. The summed E-state index contributed by atoms with van der Waals surface area (Å²) >= 11 is 3.33. The molecule has 0 atom stereocenters. The van der Waals surface area contributed by atoms with Crippen LogP contribution in [0.25, 0.3) is 10.4 Å². The molecule has 0 bridgehead atoms. The third kappa shape index (κ3) is 2.65. The topological polar surface area (TPSA) is 58.0 Å². The average Bonchev–Trinajstić information content (AvgIpc) is 2.16. The van der Waals surface area contributed by atoms with Crippen molar-refractivity contribution in [3.05, 3.63) is 38.7 Å². The van der Waals surface area contributed by atoms with Gasteiger partial charge in [-0.15, -0.1) is 0 Å². The molecule has 1 rings (SSSR count). The van der Waals surface area contributed by atoms with Gasteiger partial charge in [-0.2, -0.15) is 0 Å². The van der Waals surface area contributed by atoms with Gasteiger partial charge in [0.05, 0.1) is 18.1 Å². The standard InChI is InChI=1S/C8H8BrN3O/c1-13-8-4-6(5-11-12-10)2-3-7(8)9/h2-4H,5H2,1H3.